The maximum absolute atomic E-state index is 9.85. The molecule has 0 aromatic heterocycles. The SMILES string of the molecule is CN=Cc1cccc(C(C)=NC)c1O. The summed E-state index contributed by atoms with van der Waals surface area (Å²) >= 11 is 0. The molecule has 1 N–H and O–H groups in total. The molecule has 0 fully saturated rings. The van der Waals surface area contributed by atoms with Gasteiger partial charge in [-0.3, -0.25) is 9.98 Å². The third kappa shape index (κ3) is 1.99. The van der Waals surface area contributed by atoms with E-state index < -0.39 is 0 Å². The Hall–Kier alpha value is -1.64. The highest BCUT2D eigenvalue weighted by molar-refractivity contribution is 6.03. The summed E-state index contributed by atoms with van der Waals surface area (Å²) in [6.07, 6.45) is 1.63. The van der Waals surface area contributed by atoms with Crippen LogP contribution in [0, 0.1) is 0 Å². The minimum atomic E-state index is 0.237. The number of benzene rings is 1. The molecular formula is C11H14N2O. The van der Waals surface area contributed by atoms with Crippen molar-refractivity contribution in [2.45, 2.75) is 6.92 Å². The van der Waals surface area contributed by atoms with Gasteiger partial charge in [-0.2, -0.15) is 0 Å². The fourth-order valence-corrected chi connectivity index (χ4v) is 1.22. The maximum Gasteiger partial charge on any atom is 0.133 e. The zero-order valence-electron chi connectivity index (χ0n) is 8.65. The van der Waals surface area contributed by atoms with Gasteiger partial charge in [0.25, 0.3) is 0 Å². The summed E-state index contributed by atoms with van der Waals surface area (Å²) < 4.78 is 0. The first-order valence-corrected chi connectivity index (χ1v) is 4.38. The second kappa shape index (κ2) is 4.56. The summed E-state index contributed by atoms with van der Waals surface area (Å²) in [5, 5.41) is 9.85. The van der Waals surface area contributed by atoms with Gasteiger partial charge >= 0.3 is 0 Å². The molecule has 0 aliphatic heterocycles. The average molecular weight is 190 g/mol. The summed E-state index contributed by atoms with van der Waals surface area (Å²) in [4.78, 5) is 7.90. The zero-order chi connectivity index (χ0) is 10.6. The Morgan fingerprint density at radius 1 is 1.36 bits per heavy atom. The van der Waals surface area contributed by atoms with E-state index in [1.54, 1.807) is 20.3 Å². The van der Waals surface area contributed by atoms with Crippen molar-refractivity contribution in [2.24, 2.45) is 9.98 Å². The largest absolute Gasteiger partial charge is 0.507 e. The molecule has 14 heavy (non-hydrogen) atoms. The molecular weight excluding hydrogens is 176 g/mol. The highest BCUT2D eigenvalue weighted by Gasteiger charge is 2.06. The Morgan fingerprint density at radius 3 is 2.64 bits per heavy atom. The predicted molar refractivity (Wildman–Crippen MR) is 59.8 cm³/mol. The Labute approximate surface area is 83.8 Å². The Bertz CT molecular complexity index is 381. The lowest BCUT2D eigenvalue weighted by molar-refractivity contribution is 0.473. The van der Waals surface area contributed by atoms with Crippen molar-refractivity contribution < 1.29 is 5.11 Å². The van der Waals surface area contributed by atoms with Crippen LogP contribution in [0.1, 0.15) is 18.1 Å². The fraction of sp³-hybridized carbons (Fsp3) is 0.273. The topological polar surface area (TPSA) is 45.0 Å². The van der Waals surface area contributed by atoms with Gasteiger partial charge < -0.3 is 5.11 Å². The van der Waals surface area contributed by atoms with Crippen LogP contribution in [0.25, 0.3) is 0 Å². The van der Waals surface area contributed by atoms with Crippen molar-refractivity contribution in [1.82, 2.24) is 0 Å². The summed E-state index contributed by atoms with van der Waals surface area (Å²) in [6, 6.07) is 5.53. The van der Waals surface area contributed by atoms with Crippen LogP contribution >= 0.6 is 0 Å². The summed E-state index contributed by atoms with van der Waals surface area (Å²) in [7, 11) is 3.38. The molecule has 0 radical (unpaired) electrons. The molecule has 3 nitrogen and oxygen atoms in total. The van der Waals surface area contributed by atoms with Gasteiger partial charge in [0.15, 0.2) is 0 Å². The Morgan fingerprint density at radius 2 is 2.07 bits per heavy atom. The number of hydrogen-bond donors (Lipinski definition) is 1. The number of aromatic hydroxyl groups is 1. The standard InChI is InChI=1S/C11H14N2O/c1-8(13-3)10-6-4-5-9(7-12-2)11(10)14/h4-7,14H,1-3H3. The van der Waals surface area contributed by atoms with E-state index in [4.69, 9.17) is 0 Å². The molecule has 74 valence electrons. The van der Waals surface area contributed by atoms with Gasteiger partial charge in [0.2, 0.25) is 0 Å². The predicted octanol–water partition coefficient (Wildman–Crippen LogP) is 1.88. The van der Waals surface area contributed by atoms with E-state index >= 15 is 0 Å². The molecule has 3 heteroatoms. The zero-order valence-corrected chi connectivity index (χ0v) is 8.65. The molecule has 0 spiro atoms. The highest BCUT2D eigenvalue weighted by Crippen LogP contribution is 2.21. The molecule has 1 aromatic rings. The van der Waals surface area contributed by atoms with Gasteiger partial charge in [0, 0.05) is 37.1 Å². The molecule has 0 aliphatic rings. The molecule has 0 atom stereocenters. The van der Waals surface area contributed by atoms with E-state index in [0.717, 1.165) is 11.3 Å². The number of para-hydroxylation sites is 1. The van der Waals surface area contributed by atoms with E-state index in [1.165, 1.54) is 0 Å². The minimum absolute atomic E-state index is 0.237. The number of phenolic OH excluding ortho intramolecular Hbond substituents is 1. The quantitative estimate of drug-likeness (QED) is 0.711. The highest BCUT2D eigenvalue weighted by atomic mass is 16.3. The van der Waals surface area contributed by atoms with Crippen molar-refractivity contribution in [3.63, 3.8) is 0 Å². The van der Waals surface area contributed by atoms with Crippen LogP contribution in [0.3, 0.4) is 0 Å². The van der Waals surface area contributed by atoms with Crippen molar-refractivity contribution in [3.8, 4) is 5.75 Å². The first-order valence-electron chi connectivity index (χ1n) is 4.38. The Balaban J connectivity index is 3.27. The number of phenols is 1. The van der Waals surface area contributed by atoms with Crippen molar-refractivity contribution in [1.29, 1.82) is 0 Å². The number of rotatable bonds is 2. The molecule has 0 saturated heterocycles. The molecule has 1 rings (SSSR count). The van der Waals surface area contributed by atoms with Gasteiger partial charge in [0.1, 0.15) is 5.75 Å². The summed E-state index contributed by atoms with van der Waals surface area (Å²) in [5.41, 5.74) is 2.28. The lowest BCUT2D eigenvalue weighted by Gasteiger charge is -2.05. The number of aliphatic imine (C=N–C) groups is 2. The summed E-state index contributed by atoms with van der Waals surface area (Å²) in [5.74, 6) is 0.237. The molecule has 0 aliphatic carbocycles. The van der Waals surface area contributed by atoms with E-state index in [9.17, 15) is 5.11 Å². The van der Waals surface area contributed by atoms with Crippen molar-refractivity contribution in [2.75, 3.05) is 14.1 Å². The fourth-order valence-electron chi connectivity index (χ4n) is 1.22. The smallest absolute Gasteiger partial charge is 0.133 e. The van der Waals surface area contributed by atoms with E-state index in [0.29, 0.717) is 5.56 Å². The van der Waals surface area contributed by atoms with E-state index in [1.807, 2.05) is 25.1 Å². The summed E-state index contributed by atoms with van der Waals surface area (Å²) in [6.45, 7) is 1.86. The monoisotopic (exact) mass is 190 g/mol. The van der Waals surface area contributed by atoms with Crippen LogP contribution in [-0.4, -0.2) is 31.1 Å². The number of nitrogens with zero attached hydrogens (tertiary/aromatic N) is 2. The molecule has 1 aromatic carbocycles. The first kappa shape index (κ1) is 10.4. The van der Waals surface area contributed by atoms with Crippen LogP contribution in [0.2, 0.25) is 0 Å². The van der Waals surface area contributed by atoms with Gasteiger partial charge in [-0.15, -0.1) is 0 Å². The molecule has 0 amide bonds. The second-order valence-corrected chi connectivity index (χ2v) is 2.94. The normalized spacial score (nSPS) is 12.4. The Kier molecular flexibility index (Phi) is 3.40. The van der Waals surface area contributed by atoms with E-state index in [2.05, 4.69) is 9.98 Å². The van der Waals surface area contributed by atoms with Crippen LogP contribution in [0.4, 0.5) is 0 Å². The molecule has 0 unspecified atom stereocenters. The van der Waals surface area contributed by atoms with Crippen LogP contribution in [0.15, 0.2) is 28.2 Å². The van der Waals surface area contributed by atoms with Crippen molar-refractivity contribution >= 4 is 11.9 Å². The van der Waals surface area contributed by atoms with Gasteiger partial charge in [0.05, 0.1) is 0 Å². The van der Waals surface area contributed by atoms with Gasteiger partial charge in [-0.1, -0.05) is 6.07 Å². The maximum atomic E-state index is 9.85. The molecule has 0 bridgehead atoms. The van der Waals surface area contributed by atoms with Crippen LogP contribution < -0.4 is 0 Å². The number of hydrogen-bond acceptors (Lipinski definition) is 3. The lowest BCUT2D eigenvalue weighted by Crippen LogP contribution is -1.97. The third-order valence-electron chi connectivity index (χ3n) is 2.06. The lowest BCUT2D eigenvalue weighted by atomic mass is 10.1. The second-order valence-electron chi connectivity index (χ2n) is 2.94. The average Bonchev–Trinajstić information content (AvgIpc) is 2.20. The minimum Gasteiger partial charge on any atom is -0.507 e. The molecule has 0 heterocycles. The van der Waals surface area contributed by atoms with Gasteiger partial charge in [-0.25, -0.2) is 0 Å². The van der Waals surface area contributed by atoms with Crippen LogP contribution in [0.5, 0.6) is 5.75 Å². The van der Waals surface area contributed by atoms with Crippen molar-refractivity contribution in [3.05, 3.63) is 29.3 Å². The van der Waals surface area contributed by atoms with Crippen LogP contribution in [-0.2, 0) is 0 Å². The molecule has 0 saturated carbocycles. The van der Waals surface area contributed by atoms with E-state index in [-0.39, 0.29) is 5.75 Å². The first-order chi connectivity index (χ1) is 6.70. The van der Waals surface area contributed by atoms with Gasteiger partial charge in [-0.05, 0) is 19.1 Å². The third-order valence-corrected chi connectivity index (χ3v) is 2.06.